The highest BCUT2D eigenvalue weighted by Gasteiger charge is 2.19. The van der Waals surface area contributed by atoms with Crippen molar-refractivity contribution >= 4 is 28.4 Å². The lowest BCUT2D eigenvalue weighted by Crippen LogP contribution is -2.25. The molecule has 0 aliphatic carbocycles. The van der Waals surface area contributed by atoms with Crippen LogP contribution in [0.2, 0.25) is 0 Å². The summed E-state index contributed by atoms with van der Waals surface area (Å²) in [5.41, 5.74) is 0.975. The summed E-state index contributed by atoms with van der Waals surface area (Å²) >= 11 is 0. The van der Waals surface area contributed by atoms with Gasteiger partial charge in [0.15, 0.2) is 5.78 Å². The quantitative estimate of drug-likeness (QED) is 0.420. The zero-order chi connectivity index (χ0) is 24.2. The number of fused-ring (bicyclic) bond motifs is 1. The monoisotopic (exact) mass is 459 g/mol. The second-order valence-electron chi connectivity index (χ2n) is 7.64. The van der Waals surface area contributed by atoms with Crippen LogP contribution in [0.3, 0.4) is 0 Å². The van der Waals surface area contributed by atoms with Crippen LogP contribution in [0.1, 0.15) is 28.5 Å². The van der Waals surface area contributed by atoms with Gasteiger partial charge in [-0.3, -0.25) is 14.4 Å². The Kier molecular flexibility index (Phi) is 6.49. The van der Waals surface area contributed by atoms with E-state index in [9.17, 15) is 18.8 Å². The number of ketones is 1. The largest absolute Gasteiger partial charge is 0.492 e. The lowest BCUT2D eigenvalue weighted by Gasteiger charge is -2.15. The highest BCUT2D eigenvalue weighted by molar-refractivity contribution is 6.10. The van der Waals surface area contributed by atoms with Crippen LogP contribution in [0.15, 0.2) is 71.7 Å². The van der Waals surface area contributed by atoms with Crippen LogP contribution in [0.5, 0.6) is 5.75 Å². The average Bonchev–Trinajstić information content (AvgIpc) is 2.82. The molecule has 4 aromatic rings. The molecule has 0 radical (unpaired) electrons. The van der Waals surface area contributed by atoms with Crippen molar-refractivity contribution in [3.8, 4) is 5.75 Å². The number of hydrogen-bond acceptors (Lipinski definition) is 5. The number of carbonyl (C=O) groups is 2. The fourth-order valence-corrected chi connectivity index (χ4v) is 3.59. The molecule has 2 heterocycles. The third kappa shape index (κ3) is 4.71. The van der Waals surface area contributed by atoms with E-state index in [0.717, 1.165) is 12.1 Å². The van der Waals surface area contributed by atoms with E-state index in [2.05, 4.69) is 10.3 Å². The number of hydrogen-bond donors (Lipinski definition) is 1. The van der Waals surface area contributed by atoms with Gasteiger partial charge in [0.2, 0.25) is 11.3 Å². The summed E-state index contributed by atoms with van der Waals surface area (Å²) in [6.07, 6.45) is 1.33. The minimum Gasteiger partial charge on any atom is -0.492 e. The molecule has 0 saturated carbocycles. The van der Waals surface area contributed by atoms with Gasteiger partial charge < -0.3 is 14.6 Å². The van der Waals surface area contributed by atoms with E-state index in [4.69, 9.17) is 4.74 Å². The topological polar surface area (TPSA) is 90.3 Å². The molecule has 0 aliphatic heterocycles. The second-order valence-corrected chi connectivity index (χ2v) is 7.64. The molecule has 8 heteroatoms. The maximum absolute atomic E-state index is 13.3. The van der Waals surface area contributed by atoms with E-state index < -0.39 is 17.0 Å². The van der Waals surface area contributed by atoms with Gasteiger partial charge in [0.05, 0.1) is 23.2 Å². The van der Waals surface area contributed by atoms with Gasteiger partial charge in [-0.15, -0.1) is 0 Å². The average molecular weight is 459 g/mol. The maximum atomic E-state index is 13.3. The van der Waals surface area contributed by atoms with Gasteiger partial charge in [-0.1, -0.05) is 12.1 Å². The van der Waals surface area contributed by atoms with Crippen LogP contribution in [0.25, 0.3) is 11.0 Å². The molecule has 0 fully saturated rings. The van der Waals surface area contributed by atoms with Gasteiger partial charge in [-0.05, 0) is 62.4 Å². The lowest BCUT2D eigenvalue weighted by atomic mass is 10.0. The van der Waals surface area contributed by atoms with Crippen LogP contribution in [0, 0.1) is 12.7 Å². The molecular weight excluding hydrogens is 437 g/mol. The smallest absolute Gasteiger partial charge is 0.244 e. The first-order valence-corrected chi connectivity index (χ1v) is 10.7. The van der Waals surface area contributed by atoms with E-state index in [1.165, 1.54) is 22.9 Å². The molecule has 0 aliphatic rings. The number of aromatic nitrogens is 2. The minimum absolute atomic E-state index is 0.132. The number of nitrogens with one attached hydrogen (secondary N) is 1. The standard InChI is InChI=1S/C26H22FN3O4/c1-3-34-22-7-5-4-6-21(22)29-23(31)15-30-14-20(24(32)17-9-11-18(27)12-10-17)25(33)19-13-8-16(2)28-26(19)30/h4-14H,3,15H2,1-2H3,(H,29,31). The number of ether oxygens (including phenoxy) is 1. The van der Waals surface area contributed by atoms with Crippen molar-refractivity contribution in [2.45, 2.75) is 20.4 Å². The second kappa shape index (κ2) is 9.66. The molecule has 7 nitrogen and oxygen atoms in total. The Morgan fingerprint density at radius 2 is 1.79 bits per heavy atom. The highest BCUT2D eigenvalue weighted by atomic mass is 19.1. The fourth-order valence-electron chi connectivity index (χ4n) is 3.59. The summed E-state index contributed by atoms with van der Waals surface area (Å²) in [6, 6.07) is 15.2. The first-order valence-electron chi connectivity index (χ1n) is 10.7. The van der Waals surface area contributed by atoms with Gasteiger partial charge in [0.1, 0.15) is 23.8 Å². The van der Waals surface area contributed by atoms with Gasteiger partial charge >= 0.3 is 0 Å². The highest BCUT2D eigenvalue weighted by Crippen LogP contribution is 2.24. The number of amides is 1. The van der Waals surface area contributed by atoms with Gasteiger partial charge in [0, 0.05) is 17.5 Å². The van der Waals surface area contributed by atoms with Gasteiger partial charge in [-0.25, -0.2) is 9.37 Å². The number of anilines is 1. The molecule has 34 heavy (non-hydrogen) atoms. The molecule has 2 aromatic heterocycles. The molecule has 4 rings (SSSR count). The van der Waals surface area contributed by atoms with Crippen LogP contribution in [-0.4, -0.2) is 27.8 Å². The predicted octanol–water partition coefficient (Wildman–Crippen LogP) is 4.11. The molecule has 0 bridgehead atoms. The van der Waals surface area contributed by atoms with Crippen molar-refractivity contribution < 1.29 is 18.7 Å². The first-order chi connectivity index (χ1) is 16.4. The number of halogens is 1. The van der Waals surface area contributed by atoms with E-state index in [-0.39, 0.29) is 34.6 Å². The van der Waals surface area contributed by atoms with Crippen molar-refractivity contribution in [1.82, 2.24) is 9.55 Å². The Morgan fingerprint density at radius 3 is 2.53 bits per heavy atom. The number of aryl methyl sites for hydroxylation is 1. The van der Waals surface area contributed by atoms with Crippen molar-refractivity contribution in [1.29, 1.82) is 0 Å². The number of carbonyl (C=O) groups excluding carboxylic acids is 2. The van der Waals surface area contributed by atoms with E-state index in [1.807, 2.05) is 6.92 Å². The number of benzene rings is 2. The lowest BCUT2D eigenvalue weighted by molar-refractivity contribution is -0.116. The number of para-hydroxylation sites is 2. The first kappa shape index (κ1) is 22.8. The van der Waals surface area contributed by atoms with E-state index in [1.54, 1.807) is 43.3 Å². The Hall–Kier alpha value is -4.33. The summed E-state index contributed by atoms with van der Waals surface area (Å²) in [6.45, 7) is 3.86. The molecule has 0 unspecified atom stereocenters. The van der Waals surface area contributed by atoms with Crippen molar-refractivity contribution in [2.75, 3.05) is 11.9 Å². The summed E-state index contributed by atoms with van der Waals surface area (Å²) in [5, 5.41) is 3.02. The molecule has 0 atom stereocenters. The Balaban J connectivity index is 1.74. The van der Waals surface area contributed by atoms with Gasteiger partial charge in [0.25, 0.3) is 0 Å². The predicted molar refractivity (Wildman–Crippen MR) is 127 cm³/mol. The third-order valence-corrected chi connectivity index (χ3v) is 5.19. The Labute approximate surface area is 194 Å². The SMILES string of the molecule is CCOc1ccccc1NC(=O)Cn1cc(C(=O)c2ccc(F)cc2)c(=O)c2ccc(C)nc21. The van der Waals surface area contributed by atoms with Crippen molar-refractivity contribution in [3.63, 3.8) is 0 Å². The molecule has 2 aromatic carbocycles. The maximum Gasteiger partial charge on any atom is 0.244 e. The molecule has 0 saturated heterocycles. The molecule has 1 N–H and O–H groups in total. The zero-order valence-corrected chi connectivity index (χ0v) is 18.7. The zero-order valence-electron chi connectivity index (χ0n) is 18.7. The van der Waals surface area contributed by atoms with Crippen LogP contribution >= 0.6 is 0 Å². The van der Waals surface area contributed by atoms with Crippen molar-refractivity contribution in [3.05, 3.63) is 99.7 Å². The van der Waals surface area contributed by atoms with E-state index >= 15 is 0 Å². The molecule has 0 spiro atoms. The van der Waals surface area contributed by atoms with Gasteiger partial charge in [-0.2, -0.15) is 0 Å². The van der Waals surface area contributed by atoms with Crippen LogP contribution in [-0.2, 0) is 11.3 Å². The van der Waals surface area contributed by atoms with Crippen LogP contribution in [0.4, 0.5) is 10.1 Å². The minimum atomic E-state index is -0.566. The number of nitrogens with zero attached hydrogens (tertiary/aromatic N) is 2. The normalized spacial score (nSPS) is 10.8. The fraction of sp³-hybridized carbons (Fsp3) is 0.154. The summed E-state index contributed by atoms with van der Waals surface area (Å²) in [5.74, 6) is -0.913. The van der Waals surface area contributed by atoms with E-state index in [0.29, 0.717) is 23.7 Å². The summed E-state index contributed by atoms with van der Waals surface area (Å²) in [7, 11) is 0. The van der Waals surface area contributed by atoms with Crippen LogP contribution < -0.4 is 15.5 Å². The Bertz CT molecular complexity index is 1450. The number of pyridine rings is 2. The van der Waals surface area contributed by atoms with Crippen molar-refractivity contribution in [2.24, 2.45) is 0 Å². The summed E-state index contributed by atoms with van der Waals surface area (Å²) < 4.78 is 20.3. The molecular formula is C26H22FN3O4. The summed E-state index contributed by atoms with van der Waals surface area (Å²) in [4.78, 5) is 43.5. The Morgan fingerprint density at radius 1 is 1.06 bits per heavy atom. The number of rotatable bonds is 7. The molecule has 1 amide bonds. The molecule has 172 valence electrons. The third-order valence-electron chi connectivity index (χ3n) is 5.19.